The largest absolute Gasteiger partial charge is 0.347 e. The molecule has 0 saturated heterocycles. The summed E-state index contributed by atoms with van der Waals surface area (Å²) in [6.45, 7) is 3.20. The Morgan fingerprint density at radius 1 is 1.11 bits per heavy atom. The fourth-order valence-electron chi connectivity index (χ4n) is 3.05. The highest BCUT2D eigenvalue weighted by Crippen LogP contribution is 2.28. The zero-order valence-electron chi connectivity index (χ0n) is 15.5. The summed E-state index contributed by atoms with van der Waals surface area (Å²) in [4.78, 5) is 17.5. The number of carbonyl (C=O) groups excluding carboxylic acids is 1. The van der Waals surface area contributed by atoms with Crippen molar-refractivity contribution in [3.63, 3.8) is 0 Å². The Morgan fingerprint density at radius 2 is 1.93 bits per heavy atom. The lowest BCUT2D eigenvalue weighted by molar-refractivity contribution is 0.0955. The van der Waals surface area contributed by atoms with Gasteiger partial charge in [-0.25, -0.2) is 9.67 Å². The first-order chi connectivity index (χ1) is 13.7. The average molecular weight is 388 g/mol. The van der Waals surface area contributed by atoms with Crippen LogP contribution in [0.5, 0.6) is 0 Å². The maximum atomic E-state index is 12.8. The number of benzene rings is 2. The smallest absolute Gasteiger partial charge is 0.262 e. The number of nitrogens with one attached hydrogen (secondary N) is 1. The van der Waals surface area contributed by atoms with Gasteiger partial charge >= 0.3 is 0 Å². The molecule has 2 heterocycles. The number of hydrogen-bond donors (Lipinski definition) is 1. The van der Waals surface area contributed by atoms with E-state index in [1.807, 2.05) is 29.6 Å². The normalized spacial score (nSPS) is 10.8. The van der Waals surface area contributed by atoms with E-state index in [2.05, 4.69) is 52.7 Å². The summed E-state index contributed by atoms with van der Waals surface area (Å²) in [6, 6.07) is 18.4. The van der Waals surface area contributed by atoms with Crippen molar-refractivity contribution in [1.82, 2.24) is 20.1 Å². The van der Waals surface area contributed by atoms with Crippen LogP contribution in [-0.2, 0) is 13.1 Å². The van der Waals surface area contributed by atoms with Crippen LogP contribution in [0.4, 0.5) is 0 Å². The number of aryl methyl sites for hydroxylation is 1. The summed E-state index contributed by atoms with van der Waals surface area (Å²) in [7, 11) is 0. The number of amides is 1. The Balaban J connectivity index is 1.44. The second kappa shape index (κ2) is 8.19. The molecule has 0 aliphatic rings. The molecule has 5 nitrogen and oxygen atoms in total. The van der Waals surface area contributed by atoms with Gasteiger partial charge in [0.1, 0.15) is 12.7 Å². The number of hydrogen-bond acceptors (Lipinski definition) is 4. The average Bonchev–Trinajstić information content (AvgIpc) is 3.39. The van der Waals surface area contributed by atoms with E-state index in [0.717, 1.165) is 27.1 Å². The Kier molecular flexibility index (Phi) is 5.30. The van der Waals surface area contributed by atoms with Crippen LogP contribution in [0.15, 0.2) is 72.6 Å². The van der Waals surface area contributed by atoms with Crippen molar-refractivity contribution in [2.75, 3.05) is 0 Å². The standard InChI is InChI=1S/C22H20N4OS/c1-16-5-7-19(8-6-16)20-9-10-28-21(20)22(27)24-12-17-3-2-4-18(11-17)13-26-15-23-14-25-26/h2-11,14-15H,12-13H2,1H3,(H,24,27). The van der Waals surface area contributed by atoms with Gasteiger partial charge in [0.15, 0.2) is 0 Å². The third-order valence-corrected chi connectivity index (χ3v) is 5.40. The quantitative estimate of drug-likeness (QED) is 0.536. The molecule has 4 rings (SSSR count). The summed E-state index contributed by atoms with van der Waals surface area (Å²) in [5.41, 5.74) is 5.41. The van der Waals surface area contributed by atoms with E-state index in [-0.39, 0.29) is 5.91 Å². The van der Waals surface area contributed by atoms with Crippen molar-refractivity contribution >= 4 is 17.2 Å². The maximum Gasteiger partial charge on any atom is 0.262 e. The molecule has 6 heteroatoms. The van der Waals surface area contributed by atoms with E-state index in [9.17, 15) is 4.79 Å². The Hall–Kier alpha value is -3.25. The van der Waals surface area contributed by atoms with Crippen LogP contribution < -0.4 is 5.32 Å². The van der Waals surface area contributed by atoms with Gasteiger partial charge in [-0.2, -0.15) is 5.10 Å². The molecule has 140 valence electrons. The Labute approximate surface area is 167 Å². The third kappa shape index (κ3) is 4.18. The van der Waals surface area contributed by atoms with E-state index in [4.69, 9.17) is 0 Å². The van der Waals surface area contributed by atoms with E-state index >= 15 is 0 Å². The van der Waals surface area contributed by atoms with Crippen molar-refractivity contribution in [1.29, 1.82) is 0 Å². The first-order valence-electron chi connectivity index (χ1n) is 9.02. The molecular formula is C22H20N4OS. The van der Waals surface area contributed by atoms with Gasteiger partial charge in [0.25, 0.3) is 5.91 Å². The monoisotopic (exact) mass is 388 g/mol. The molecule has 0 unspecified atom stereocenters. The van der Waals surface area contributed by atoms with Crippen LogP contribution >= 0.6 is 11.3 Å². The minimum Gasteiger partial charge on any atom is -0.347 e. The molecule has 28 heavy (non-hydrogen) atoms. The van der Waals surface area contributed by atoms with Crippen LogP contribution in [0.25, 0.3) is 11.1 Å². The van der Waals surface area contributed by atoms with Crippen molar-refractivity contribution in [3.8, 4) is 11.1 Å². The minimum atomic E-state index is -0.0488. The van der Waals surface area contributed by atoms with Gasteiger partial charge in [-0.1, -0.05) is 54.1 Å². The summed E-state index contributed by atoms with van der Waals surface area (Å²) in [6.07, 6.45) is 3.22. The topological polar surface area (TPSA) is 59.8 Å². The lowest BCUT2D eigenvalue weighted by Gasteiger charge is -2.08. The van der Waals surface area contributed by atoms with Crippen LogP contribution in [0, 0.1) is 6.92 Å². The van der Waals surface area contributed by atoms with Crippen molar-refractivity contribution in [2.24, 2.45) is 0 Å². The van der Waals surface area contributed by atoms with Gasteiger partial charge in [0.2, 0.25) is 0 Å². The van der Waals surface area contributed by atoms with Crippen LogP contribution in [0.1, 0.15) is 26.4 Å². The van der Waals surface area contributed by atoms with E-state index < -0.39 is 0 Å². The molecule has 0 saturated carbocycles. The summed E-state index contributed by atoms with van der Waals surface area (Å²) >= 11 is 1.47. The van der Waals surface area contributed by atoms with Gasteiger partial charge < -0.3 is 5.32 Å². The third-order valence-electron chi connectivity index (χ3n) is 4.49. The van der Waals surface area contributed by atoms with Crippen molar-refractivity contribution in [2.45, 2.75) is 20.0 Å². The van der Waals surface area contributed by atoms with Crippen LogP contribution in [0.3, 0.4) is 0 Å². The number of carbonyl (C=O) groups is 1. The van der Waals surface area contributed by atoms with Crippen molar-refractivity contribution < 1.29 is 4.79 Å². The van der Waals surface area contributed by atoms with Gasteiger partial charge in [-0.05, 0) is 35.1 Å². The molecular weight excluding hydrogens is 368 g/mol. The highest BCUT2D eigenvalue weighted by atomic mass is 32.1. The van der Waals surface area contributed by atoms with Crippen LogP contribution in [-0.4, -0.2) is 20.7 Å². The summed E-state index contributed by atoms with van der Waals surface area (Å²) < 4.78 is 1.77. The zero-order chi connectivity index (χ0) is 19.3. The molecule has 0 bridgehead atoms. The lowest BCUT2D eigenvalue weighted by Crippen LogP contribution is -2.22. The SMILES string of the molecule is Cc1ccc(-c2ccsc2C(=O)NCc2cccc(Cn3cncn3)c2)cc1. The van der Waals surface area contributed by atoms with Crippen molar-refractivity contribution in [3.05, 3.63) is 94.2 Å². The number of aromatic nitrogens is 3. The molecule has 2 aromatic carbocycles. The van der Waals surface area contributed by atoms with Crippen LogP contribution in [0.2, 0.25) is 0 Å². The number of thiophene rings is 1. The Morgan fingerprint density at radius 3 is 2.71 bits per heavy atom. The molecule has 0 radical (unpaired) electrons. The maximum absolute atomic E-state index is 12.8. The lowest BCUT2D eigenvalue weighted by atomic mass is 10.0. The molecule has 1 amide bonds. The molecule has 0 atom stereocenters. The Bertz CT molecular complexity index is 1070. The van der Waals surface area contributed by atoms with Gasteiger partial charge in [0, 0.05) is 12.1 Å². The first kappa shape index (κ1) is 18.1. The second-order valence-electron chi connectivity index (χ2n) is 6.63. The molecule has 0 aliphatic carbocycles. The molecule has 0 aliphatic heterocycles. The highest BCUT2D eigenvalue weighted by molar-refractivity contribution is 7.12. The van der Waals surface area contributed by atoms with E-state index in [0.29, 0.717) is 13.1 Å². The fraction of sp³-hybridized carbons (Fsp3) is 0.136. The predicted molar refractivity (Wildman–Crippen MR) is 111 cm³/mol. The van der Waals surface area contributed by atoms with E-state index in [1.165, 1.54) is 23.2 Å². The molecule has 2 aromatic heterocycles. The summed E-state index contributed by atoms with van der Waals surface area (Å²) in [5.74, 6) is -0.0488. The molecule has 0 spiro atoms. The van der Waals surface area contributed by atoms with E-state index in [1.54, 1.807) is 11.0 Å². The number of nitrogens with zero attached hydrogens (tertiary/aromatic N) is 3. The van der Waals surface area contributed by atoms with Gasteiger partial charge in [-0.15, -0.1) is 11.3 Å². The summed E-state index contributed by atoms with van der Waals surface area (Å²) in [5, 5.41) is 9.14. The molecule has 1 N–H and O–H groups in total. The van der Waals surface area contributed by atoms with Gasteiger partial charge in [-0.3, -0.25) is 4.79 Å². The highest BCUT2D eigenvalue weighted by Gasteiger charge is 2.14. The number of rotatable bonds is 6. The predicted octanol–water partition coefficient (Wildman–Crippen LogP) is 4.29. The first-order valence-corrected chi connectivity index (χ1v) is 9.90. The minimum absolute atomic E-state index is 0.0488. The second-order valence-corrected chi connectivity index (χ2v) is 7.54. The molecule has 0 fully saturated rings. The fourth-order valence-corrected chi connectivity index (χ4v) is 3.88. The molecule has 4 aromatic rings. The van der Waals surface area contributed by atoms with Gasteiger partial charge in [0.05, 0.1) is 11.4 Å². The zero-order valence-corrected chi connectivity index (χ0v) is 16.3.